The number of piperidine rings is 1. The third kappa shape index (κ3) is 4.70. The Labute approximate surface area is 143 Å². The van der Waals surface area contributed by atoms with Gasteiger partial charge in [-0.15, -0.1) is 0 Å². The second-order valence-corrected chi connectivity index (χ2v) is 6.28. The number of hydrogen-bond donors (Lipinski definition) is 1. The van der Waals surface area contributed by atoms with Crippen molar-refractivity contribution < 1.29 is 4.79 Å². The maximum Gasteiger partial charge on any atom is 0.224 e. The minimum absolute atomic E-state index is 0.145. The summed E-state index contributed by atoms with van der Waals surface area (Å²) < 4.78 is 0. The van der Waals surface area contributed by atoms with Crippen molar-refractivity contribution in [1.82, 2.24) is 14.9 Å². The predicted octanol–water partition coefficient (Wildman–Crippen LogP) is 2.79. The van der Waals surface area contributed by atoms with Gasteiger partial charge in [0, 0.05) is 39.1 Å². The minimum atomic E-state index is 0.145. The van der Waals surface area contributed by atoms with Crippen LogP contribution in [0, 0.1) is 0 Å². The van der Waals surface area contributed by atoms with E-state index in [-0.39, 0.29) is 5.91 Å². The number of halogens is 1. The molecule has 0 atom stereocenters. The van der Waals surface area contributed by atoms with Gasteiger partial charge in [-0.1, -0.05) is 18.5 Å². The zero-order valence-corrected chi connectivity index (χ0v) is 14.9. The number of carbonyl (C=O) groups is 1. The highest BCUT2D eigenvalue weighted by Gasteiger charge is 2.21. The third-order valence-electron chi connectivity index (χ3n) is 4.17. The molecule has 1 amide bonds. The van der Waals surface area contributed by atoms with Crippen LogP contribution in [0.2, 0.25) is 5.02 Å². The van der Waals surface area contributed by atoms with E-state index < -0.39 is 0 Å². The normalized spacial score (nSPS) is 15.6. The summed E-state index contributed by atoms with van der Waals surface area (Å²) >= 11 is 6.26. The Hall–Kier alpha value is -1.56. The van der Waals surface area contributed by atoms with Gasteiger partial charge in [-0.2, -0.15) is 4.98 Å². The first kappa shape index (κ1) is 17.8. The fourth-order valence-corrected chi connectivity index (χ4v) is 3.07. The SMILES string of the molecule is CCCN(CC)c1nc(NC2CCN(C(C)=O)CC2)ncc1Cl. The van der Waals surface area contributed by atoms with Crippen molar-refractivity contribution in [2.75, 3.05) is 36.4 Å². The minimum Gasteiger partial charge on any atom is -0.356 e. The van der Waals surface area contributed by atoms with E-state index in [0.717, 1.165) is 51.3 Å². The standard InChI is InChI=1S/C16H26ClN5O/c1-4-8-21(5-2)15-14(17)11-18-16(20-15)19-13-6-9-22(10-7-13)12(3)23/h11,13H,4-10H2,1-3H3,(H,18,19,20). The monoisotopic (exact) mass is 339 g/mol. The number of carbonyl (C=O) groups excluding carboxylic acids is 1. The van der Waals surface area contributed by atoms with Crippen molar-refractivity contribution in [3.63, 3.8) is 0 Å². The highest BCUT2D eigenvalue weighted by molar-refractivity contribution is 6.32. The van der Waals surface area contributed by atoms with Crippen LogP contribution in [0.3, 0.4) is 0 Å². The molecule has 0 aliphatic carbocycles. The Morgan fingerprint density at radius 3 is 2.70 bits per heavy atom. The molecular formula is C16H26ClN5O. The van der Waals surface area contributed by atoms with Crippen LogP contribution in [0.25, 0.3) is 0 Å². The van der Waals surface area contributed by atoms with Gasteiger partial charge < -0.3 is 15.1 Å². The van der Waals surface area contributed by atoms with Crippen LogP contribution in [0.1, 0.15) is 40.0 Å². The Bertz CT molecular complexity index is 531. The van der Waals surface area contributed by atoms with Gasteiger partial charge in [0.2, 0.25) is 11.9 Å². The molecule has 1 fully saturated rings. The molecule has 128 valence electrons. The highest BCUT2D eigenvalue weighted by Crippen LogP contribution is 2.24. The largest absolute Gasteiger partial charge is 0.356 e. The van der Waals surface area contributed by atoms with Crippen molar-refractivity contribution in [2.24, 2.45) is 0 Å². The molecule has 23 heavy (non-hydrogen) atoms. The smallest absolute Gasteiger partial charge is 0.224 e. The summed E-state index contributed by atoms with van der Waals surface area (Å²) in [6.45, 7) is 9.20. The van der Waals surface area contributed by atoms with Crippen molar-refractivity contribution in [3.8, 4) is 0 Å². The Morgan fingerprint density at radius 1 is 1.43 bits per heavy atom. The zero-order chi connectivity index (χ0) is 16.8. The summed E-state index contributed by atoms with van der Waals surface area (Å²) in [4.78, 5) is 24.3. The van der Waals surface area contributed by atoms with E-state index in [1.54, 1.807) is 13.1 Å². The zero-order valence-electron chi connectivity index (χ0n) is 14.2. The number of anilines is 2. The Kier molecular flexibility index (Phi) is 6.45. The van der Waals surface area contributed by atoms with E-state index in [2.05, 4.69) is 34.0 Å². The number of aromatic nitrogens is 2. The molecule has 0 unspecified atom stereocenters. The molecule has 0 radical (unpaired) electrons. The van der Waals surface area contributed by atoms with E-state index in [1.165, 1.54) is 0 Å². The van der Waals surface area contributed by atoms with Gasteiger partial charge in [0.25, 0.3) is 0 Å². The van der Waals surface area contributed by atoms with E-state index in [4.69, 9.17) is 11.6 Å². The topological polar surface area (TPSA) is 61.4 Å². The number of amides is 1. The van der Waals surface area contributed by atoms with Crippen molar-refractivity contribution in [1.29, 1.82) is 0 Å². The molecule has 0 bridgehead atoms. The highest BCUT2D eigenvalue weighted by atomic mass is 35.5. The summed E-state index contributed by atoms with van der Waals surface area (Å²) in [5, 5.41) is 3.96. The lowest BCUT2D eigenvalue weighted by Gasteiger charge is -2.32. The molecule has 2 heterocycles. The lowest BCUT2D eigenvalue weighted by molar-refractivity contribution is -0.129. The molecule has 6 nitrogen and oxygen atoms in total. The maximum absolute atomic E-state index is 11.4. The van der Waals surface area contributed by atoms with Crippen LogP contribution in [-0.4, -0.2) is 53.0 Å². The van der Waals surface area contributed by atoms with Gasteiger partial charge in [0.1, 0.15) is 5.02 Å². The maximum atomic E-state index is 11.4. The second kappa shape index (κ2) is 8.34. The first-order valence-corrected chi connectivity index (χ1v) is 8.72. The number of hydrogen-bond acceptors (Lipinski definition) is 5. The predicted molar refractivity (Wildman–Crippen MR) is 94.1 cm³/mol. The fourth-order valence-electron chi connectivity index (χ4n) is 2.85. The number of nitrogens with zero attached hydrogens (tertiary/aromatic N) is 4. The first-order valence-electron chi connectivity index (χ1n) is 8.34. The fraction of sp³-hybridized carbons (Fsp3) is 0.688. The Balaban J connectivity index is 2.02. The van der Waals surface area contributed by atoms with Gasteiger partial charge in [-0.3, -0.25) is 4.79 Å². The first-order chi connectivity index (χ1) is 11.0. The molecule has 7 heteroatoms. The quantitative estimate of drug-likeness (QED) is 0.863. The average Bonchev–Trinajstić information content (AvgIpc) is 2.55. The van der Waals surface area contributed by atoms with Crippen molar-refractivity contribution in [3.05, 3.63) is 11.2 Å². The number of nitrogens with one attached hydrogen (secondary N) is 1. The number of likely N-dealkylation sites (tertiary alicyclic amines) is 1. The summed E-state index contributed by atoms with van der Waals surface area (Å²) in [5.41, 5.74) is 0. The van der Waals surface area contributed by atoms with Gasteiger partial charge in [0.15, 0.2) is 5.82 Å². The van der Waals surface area contributed by atoms with Crippen LogP contribution in [0.5, 0.6) is 0 Å². The van der Waals surface area contributed by atoms with Crippen LogP contribution in [-0.2, 0) is 4.79 Å². The van der Waals surface area contributed by atoms with E-state index in [9.17, 15) is 4.79 Å². The van der Waals surface area contributed by atoms with Crippen LogP contribution >= 0.6 is 11.6 Å². The van der Waals surface area contributed by atoms with E-state index >= 15 is 0 Å². The van der Waals surface area contributed by atoms with E-state index in [0.29, 0.717) is 17.0 Å². The Morgan fingerprint density at radius 2 is 2.13 bits per heavy atom. The van der Waals surface area contributed by atoms with Gasteiger partial charge in [-0.25, -0.2) is 4.98 Å². The van der Waals surface area contributed by atoms with Crippen LogP contribution in [0.15, 0.2) is 6.20 Å². The molecule has 1 aliphatic rings. The molecule has 2 rings (SSSR count). The van der Waals surface area contributed by atoms with Crippen LogP contribution in [0.4, 0.5) is 11.8 Å². The average molecular weight is 340 g/mol. The molecule has 1 N–H and O–H groups in total. The molecular weight excluding hydrogens is 314 g/mol. The van der Waals surface area contributed by atoms with Crippen molar-refractivity contribution in [2.45, 2.75) is 46.1 Å². The molecule has 0 spiro atoms. The molecule has 1 aromatic heterocycles. The lowest BCUT2D eigenvalue weighted by Crippen LogP contribution is -2.41. The summed E-state index contributed by atoms with van der Waals surface area (Å²) in [6.07, 6.45) is 4.52. The summed E-state index contributed by atoms with van der Waals surface area (Å²) in [7, 11) is 0. The molecule has 0 aromatic carbocycles. The van der Waals surface area contributed by atoms with Gasteiger partial charge in [0.05, 0.1) is 6.20 Å². The van der Waals surface area contributed by atoms with Crippen molar-refractivity contribution >= 4 is 29.3 Å². The third-order valence-corrected chi connectivity index (χ3v) is 4.44. The van der Waals surface area contributed by atoms with Gasteiger partial charge >= 0.3 is 0 Å². The molecule has 0 saturated carbocycles. The van der Waals surface area contributed by atoms with Crippen LogP contribution < -0.4 is 10.2 Å². The summed E-state index contributed by atoms with van der Waals surface area (Å²) in [5.74, 6) is 1.54. The summed E-state index contributed by atoms with van der Waals surface area (Å²) in [6, 6.07) is 0.292. The second-order valence-electron chi connectivity index (χ2n) is 5.87. The van der Waals surface area contributed by atoms with Gasteiger partial charge in [-0.05, 0) is 26.2 Å². The molecule has 1 saturated heterocycles. The van der Waals surface area contributed by atoms with E-state index in [1.807, 2.05) is 4.90 Å². The lowest BCUT2D eigenvalue weighted by atomic mass is 10.1. The number of rotatable bonds is 6. The molecule has 1 aromatic rings. The molecule has 1 aliphatic heterocycles.